The zero-order valence-electron chi connectivity index (χ0n) is 18.3. The normalized spacial score (nSPS) is 12.5. The number of hydrogen-bond donors (Lipinski definition) is 3. The first kappa shape index (κ1) is 23.7. The Labute approximate surface area is 197 Å². The summed E-state index contributed by atoms with van der Waals surface area (Å²) in [5.74, 6) is 0. The molecule has 33 heavy (non-hydrogen) atoms. The number of halogens is 1. The van der Waals surface area contributed by atoms with Crippen molar-refractivity contribution >= 4 is 45.8 Å². The number of nitrogens with zero attached hydrogens (tertiary/aromatic N) is 3. The van der Waals surface area contributed by atoms with E-state index >= 15 is 0 Å². The number of amides is 1. The number of benzene rings is 3. The lowest BCUT2D eigenvalue weighted by atomic mass is 9.89. The highest BCUT2D eigenvalue weighted by molar-refractivity contribution is 6.44. The molecule has 0 aliphatic rings. The van der Waals surface area contributed by atoms with Crippen LogP contribution in [0.2, 0.25) is 5.02 Å². The average Bonchev–Trinajstić information content (AvgIpc) is 2.84. The molecule has 3 aromatic rings. The van der Waals surface area contributed by atoms with Gasteiger partial charge in [0, 0.05) is 41.9 Å². The van der Waals surface area contributed by atoms with Gasteiger partial charge in [0.2, 0.25) is 6.41 Å². The lowest BCUT2D eigenvalue weighted by Gasteiger charge is -2.17. The minimum Gasteiger partial charge on any atom is -0.404 e. The van der Waals surface area contributed by atoms with E-state index in [4.69, 9.17) is 23.1 Å². The quantitative estimate of drug-likeness (QED) is 0.284. The van der Waals surface area contributed by atoms with Gasteiger partial charge in [0.05, 0.1) is 28.1 Å². The zero-order chi connectivity index (χ0) is 24.0. The molecule has 3 aromatic carbocycles. The number of hydrogen-bond acceptors (Lipinski definition) is 6. The molecule has 1 amide bonds. The van der Waals surface area contributed by atoms with Crippen molar-refractivity contribution in [3.05, 3.63) is 87.6 Å². The third-order valence-corrected chi connectivity index (χ3v) is 5.69. The van der Waals surface area contributed by atoms with Crippen molar-refractivity contribution in [3.8, 4) is 6.07 Å². The average molecular weight is 459 g/mol. The van der Waals surface area contributed by atoms with E-state index in [-0.39, 0.29) is 6.54 Å². The van der Waals surface area contributed by atoms with E-state index < -0.39 is 0 Å². The number of rotatable bonds is 7. The van der Waals surface area contributed by atoms with E-state index in [1.807, 2.05) is 49.4 Å². The van der Waals surface area contributed by atoms with Crippen LogP contribution in [0.15, 0.2) is 64.8 Å². The van der Waals surface area contributed by atoms with Crippen molar-refractivity contribution in [3.63, 3.8) is 0 Å². The molecule has 0 aromatic heterocycles. The van der Waals surface area contributed by atoms with Gasteiger partial charge in [-0.25, -0.2) is 5.43 Å². The third-order valence-electron chi connectivity index (χ3n) is 5.29. The second kappa shape index (κ2) is 10.6. The molecule has 0 radical (unpaired) electrons. The van der Waals surface area contributed by atoms with Crippen molar-refractivity contribution in [2.24, 2.45) is 21.6 Å². The van der Waals surface area contributed by atoms with Crippen molar-refractivity contribution in [1.29, 1.82) is 5.26 Å². The fraction of sp³-hybridized carbons (Fsp3) is 0.120. The standard InChI is InChI=1S/C25H23ClN6O/c1-15-7-8-17(10-20(15)22(13-29)32-31-14-33)21(12-28)25(30-2)23-18(11-27)9-16-5-3-4-6-19(16)24(23)26/h3-10,12,14H,13,28-29H2,1-2H3,(H,31,33)/b21-12-,30-25?,32-22-. The van der Waals surface area contributed by atoms with Gasteiger partial charge in [-0.15, -0.1) is 0 Å². The summed E-state index contributed by atoms with van der Waals surface area (Å²) >= 11 is 6.80. The molecule has 0 heterocycles. The second-order valence-electron chi connectivity index (χ2n) is 7.14. The summed E-state index contributed by atoms with van der Waals surface area (Å²) in [6, 6.07) is 17.3. The SMILES string of the molecule is CN=C(/C(=C\N)c1ccc(C)c(/C(CN)=N\NC=O)c1)c1c(C#N)cc2ccccc2c1Cl. The number of hydrazone groups is 1. The van der Waals surface area contributed by atoms with Crippen LogP contribution in [0.4, 0.5) is 0 Å². The first-order valence-corrected chi connectivity index (χ1v) is 10.5. The molecule has 0 spiro atoms. The lowest BCUT2D eigenvalue weighted by molar-refractivity contribution is -0.109. The Morgan fingerprint density at radius 3 is 2.64 bits per heavy atom. The number of nitriles is 1. The molecule has 0 aliphatic carbocycles. The summed E-state index contributed by atoms with van der Waals surface area (Å²) in [6.45, 7) is 2.04. The second-order valence-corrected chi connectivity index (χ2v) is 7.52. The molecule has 166 valence electrons. The van der Waals surface area contributed by atoms with Gasteiger partial charge < -0.3 is 11.5 Å². The topological polar surface area (TPSA) is 130 Å². The molecule has 0 saturated heterocycles. The number of aliphatic imine (C=N–C) groups is 1. The summed E-state index contributed by atoms with van der Waals surface area (Å²) in [5, 5.41) is 16.0. The van der Waals surface area contributed by atoms with Crippen LogP contribution in [-0.2, 0) is 4.79 Å². The molecule has 0 aliphatic heterocycles. The largest absolute Gasteiger partial charge is 0.404 e. The van der Waals surface area contributed by atoms with Crippen LogP contribution in [0.3, 0.4) is 0 Å². The van der Waals surface area contributed by atoms with Gasteiger partial charge in [0.25, 0.3) is 0 Å². The predicted molar refractivity (Wildman–Crippen MR) is 134 cm³/mol. The molecular weight excluding hydrogens is 436 g/mol. The molecule has 8 heteroatoms. The van der Waals surface area contributed by atoms with Crippen LogP contribution in [0.5, 0.6) is 0 Å². The lowest BCUT2D eigenvalue weighted by Crippen LogP contribution is -2.20. The fourth-order valence-electron chi connectivity index (χ4n) is 3.72. The highest BCUT2D eigenvalue weighted by atomic mass is 35.5. The summed E-state index contributed by atoms with van der Waals surface area (Å²) in [6.07, 6.45) is 1.92. The molecule has 3 rings (SSSR count). The van der Waals surface area contributed by atoms with Crippen molar-refractivity contribution < 1.29 is 4.79 Å². The van der Waals surface area contributed by atoms with Gasteiger partial charge in [-0.2, -0.15) is 10.4 Å². The summed E-state index contributed by atoms with van der Waals surface area (Å²) < 4.78 is 0. The maximum atomic E-state index is 10.7. The van der Waals surface area contributed by atoms with Crippen LogP contribution in [0, 0.1) is 18.3 Å². The highest BCUT2D eigenvalue weighted by Gasteiger charge is 2.21. The highest BCUT2D eigenvalue weighted by Crippen LogP contribution is 2.34. The van der Waals surface area contributed by atoms with E-state index in [0.29, 0.717) is 39.6 Å². The number of nitrogens with two attached hydrogens (primary N) is 2. The van der Waals surface area contributed by atoms with Crippen LogP contribution >= 0.6 is 11.6 Å². The number of carbonyl (C=O) groups is 1. The van der Waals surface area contributed by atoms with Crippen LogP contribution in [0.1, 0.15) is 27.8 Å². The minimum atomic E-state index is 0.122. The molecule has 0 atom stereocenters. The van der Waals surface area contributed by atoms with Crippen LogP contribution in [-0.4, -0.2) is 31.4 Å². The van der Waals surface area contributed by atoms with Crippen molar-refractivity contribution in [2.75, 3.05) is 13.6 Å². The van der Waals surface area contributed by atoms with Gasteiger partial charge in [-0.1, -0.05) is 48.0 Å². The molecule has 0 fully saturated rings. The molecule has 0 saturated carbocycles. The van der Waals surface area contributed by atoms with Gasteiger partial charge in [0.1, 0.15) is 0 Å². The van der Waals surface area contributed by atoms with E-state index in [2.05, 4.69) is 21.6 Å². The Morgan fingerprint density at radius 2 is 2.00 bits per heavy atom. The third kappa shape index (κ3) is 4.62. The van der Waals surface area contributed by atoms with E-state index in [1.165, 1.54) is 6.20 Å². The van der Waals surface area contributed by atoms with Crippen molar-refractivity contribution in [2.45, 2.75) is 6.92 Å². The Kier molecular flexibility index (Phi) is 7.57. The number of carbonyl (C=O) groups excluding carboxylic acids is 1. The van der Waals surface area contributed by atoms with Gasteiger partial charge in [-0.05, 0) is 35.6 Å². The first-order valence-electron chi connectivity index (χ1n) is 10.1. The van der Waals surface area contributed by atoms with Crippen LogP contribution in [0.25, 0.3) is 16.3 Å². The monoisotopic (exact) mass is 458 g/mol. The molecular formula is C25H23ClN6O. The summed E-state index contributed by atoms with van der Waals surface area (Å²) in [7, 11) is 1.63. The van der Waals surface area contributed by atoms with E-state index in [9.17, 15) is 10.1 Å². The number of fused-ring (bicyclic) bond motifs is 1. The van der Waals surface area contributed by atoms with Gasteiger partial charge in [-0.3, -0.25) is 9.79 Å². The number of nitrogens with one attached hydrogen (secondary N) is 1. The van der Waals surface area contributed by atoms with Crippen LogP contribution < -0.4 is 16.9 Å². The minimum absolute atomic E-state index is 0.122. The molecule has 0 bridgehead atoms. The van der Waals surface area contributed by atoms with Gasteiger partial charge in [0.15, 0.2) is 0 Å². The maximum Gasteiger partial charge on any atom is 0.227 e. The Morgan fingerprint density at radius 1 is 1.24 bits per heavy atom. The van der Waals surface area contributed by atoms with Gasteiger partial charge >= 0.3 is 0 Å². The Balaban J connectivity index is 2.22. The first-order chi connectivity index (χ1) is 16.0. The van der Waals surface area contributed by atoms with E-state index in [0.717, 1.165) is 27.5 Å². The summed E-state index contributed by atoms with van der Waals surface area (Å²) in [5.41, 5.74) is 19.1. The van der Waals surface area contributed by atoms with Crippen molar-refractivity contribution in [1.82, 2.24) is 5.43 Å². The smallest absolute Gasteiger partial charge is 0.227 e. The Bertz CT molecular complexity index is 1350. The van der Waals surface area contributed by atoms with E-state index in [1.54, 1.807) is 13.1 Å². The zero-order valence-corrected chi connectivity index (χ0v) is 19.0. The predicted octanol–water partition coefficient (Wildman–Crippen LogP) is 3.50. The molecule has 7 nitrogen and oxygen atoms in total. The molecule has 0 unspecified atom stereocenters. The fourth-order valence-corrected chi connectivity index (χ4v) is 4.09. The number of aryl methyl sites for hydroxylation is 1. The number of allylic oxidation sites excluding steroid dienone is 1. The Hall–Kier alpha value is -3.99. The maximum absolute atomic E-state index is 10.7. The molecule has 5 N–H and O–H groups in total. The summed E-state index contributed by atoms with van der Waals surface area (Å²) in [4.78, 5) is 15.2.